The van der Waals surface area contributed by atoms with Crippen LogP contribution >= 0.6 is 0 Å². The fourth-order valence-electron chi connectivity index (χ4n) is 2.18. The van der Waals surface area contributed by atoms with E-state index in [0.29, 0.717) is 16.8 Å². The van der Waals surface area contributed by atoms with Gasteiger partial charge in [-0.3, -0.25) is 5.32 Å². The molecule has 0 saturated carbocycles. The molecule has 0 aromatic heterocycles. The predicted molar refractivity (Wildman–Crippen MR) is 77.9 cm³/mol. The molecule has 1 aliphatic rings. The average molecular weight is 282 g/mol. The maximum absolute atomic E-state index is 12.0. The van der Waals surface area contributed by atoms with Crippen molar-refractivity contribution in [1.82, 2.24) is 5.32 Å². The Morgan fingerprint density at radius 1 is 1.10 bits per heavy atom. The zero-order valence-corrected chi connectivity index (χ0v) is 11.4. The van der Waals surface area contributed by atoms with Crippen LogP contribution in [0.15, 0.2) is 48.5 Å². The van der Waals surface area contributed by atoms with Gasteiger partial charge in [0, 0.05) is 11.3 Å². The largest absolute Gasteiger partial charge is 0.434 e. The van der Waals surface area contributed by atoms with E-state index in [-0.39, 0.29) is 0 Å². The highest BCUT2D eigenvalue weighted by Gasteiger charge is 2.31. The number of anilines is 1. The van der Waals surface area contributed by atoms with Crippen LogP contribution in [-0.2, 0) is 4.74 Å². The number of ether oxygens (including phenoxy) is 1. The summed E-state index contributed by atoms with van der Waals surface area (Å²) in [6.07, 6.45) is -0.751. The van der Waals surface area contributed by atoms with Gasteiger partial charge in [-0.2, -0.15) is 0 Å². The topological polar surface area (TPSA) is 67.4 Å². The van der Waals surface area contributed by atoms with Crippen LogP contribution in [0.4, 0.5) is 10.5 Å². The number of aryl methyl sites for hydroxylation is 1. The summed E-state index contributed by atoms with van der Waals surface area (Å²) in [5.74, 6) is -0.425. The molecule has 0 aliphatic carbocycles. The molecule has 2 aromatic carbocycles. The van der Waals surface area contributed by atoms with Crippen molar-refractivity contribution in [2.75, 3.05) is 5.32 Å². The second kappa shape index (κ2) is 5.28. The Morgan fingerprint density at radius 2 is 1.81 bits per heavy atom. The average Bonchev–Trinajstić information content (AvgIpc) is 2.78. The Hall–Kier alpha value is -2.82. The number of fused-ring (bicyclic) bond motifs is 1. The molecular formula is C16H14N2O3. The second-order valence-corrected chi connectivity index (χ2v) is 4.84. The molecule has 0 saturated heterocycles. The van der Waals surface area contributed by atoms with Gasteiger partial charge >= 0.3 is 12.0 Å². The van der Waals surface area contributed by atoms with Crippen molar-refractivity contribution >= 4 is 17.7 Å². The summed E-state index contributed by atoms with van der Waals surface area (Å²) in [5.41, 5.74) is 2.94. The predicted octanol–water partition coefficient (Wildman–Crippen LogP) is 2.99. The number of carbonyl (C=O) groups excluding carboxylic acids is 2. The molecule has 1 aliphatic heterocycles. The molecule has 0 fully saturated rings. The van der Waals surface area contributed by atoms with Crippen LogP contribution in [0.1, 0.15) is 27.7 Å². The minimum Gasteiger partial charge on any atom is -0.434 e. The maximum Gasteiger partial charge on any atom is 0.340 e. The fourth-order valence-corrected chi connectivity index (χ4v) is 2.18. The third-order valence-electron chi connectivity index (χ3n) is 3.26. The molecular weight excluding hydrogens is 268 g/mol. The van der Waals surface area contributed by atoms with Crippen molar-refractivity contribution in [3.8, 4) is 0 Å². The van der Waals surface area contributed by atoms with Gasteiger partial charge in [0.25, 0.3) is 0 Å². The molecule has 0 bridgehead atoms. The summed E-state index contributed by atoms with van der Waals surface area (Å²) in [5, 5.41) is 5.34. The normalized spacial score (nSPS) is 16.0. The molecule has 2 aromatic rings. The minimum atomic E-state index is -0.751. The van der Waals surface area contributed by atoms with Crippen LogP contribution in [0.25, 0.3) is 0 Å². The van der Waals surface area contributed by atoms with Gasteiger partial charge in [-0.25, -0.2) is 9.59 Å². The summed E-state index contributed by atoms with van der Waals surface area (Å²) in [6, 6.07) is 14.0. The van der Waals surface area contributed by atoms with Crippen molar-refractivity contribution in [2.24, 2.45) is 0 Å². The SMILES string of the molecule is Cc1ccc(NC(=O)NC2OC(=O)c3ccccc32)cc1. The second-order valence-electron chi connectivity index (χ2n) is 4.84. The zero-order valence-electron chi connectivity index (χ0n) is 11.4. The highest BCUT2D eigenvalue weighted by Crippen LogP contribution is 2.28. The van der Waals surface area contributed by atoms with Crippen LogP contribution in [0.2, 0.25) is 0 Å². The summed E-state index contributed by atoms with van der Waals surface area (Å²) in [6.45, 7) is 1.97. The molecule has 3 rings (SSSR count). The Morgan fingerprint density at radius 3 is 2.57 bits per heavy atom. The van der Waals surface area contributed by atoms with Gasteiger partial charge < -0.3 is 10.1 Å². The lowest BCUT2D eigenvalue weighted by Crippen LogP contribution is -2.32. The number of carbonyl (C=O) groups is 2. The Bertz CT molecular complexity index is 695. The number of cyclic esters (lactones) is 1. The zero-order chi connectivity index (χ0) is 14.8. The van der Waals surface area contributed by atoms with Gasteiger partial charge in [0.1, 0.15) is 0 Å². The van der Waals surface area contributed by atoms with Crippen LogP contribution in [-0.4, -0.2) is 12.0 Å². The first-order chi connectivity index (χ1) is 10.1. The van der Waals surface area contributed by atoms with Crippen molar-refractivity contribution in [3.05, 3.63) is 65.2 Å². The third kappa shape index (κ3) is 2.72. The highest BCUT2D eigenvalue weighted by atomic mass is 16.6. The first kappa shape index (κ1) is 13.2. The van der Waals surface area contributed by atoms with Crippen LogP contribution in [0.3, 0.4) is 0 Å². The number of esters is 1. The Kier molecular flexibility index (Phi) is 3.31. The lowest BCUT2D eigenvalue weighted by molar-refractivity contribution is 0.0342. The monoisotopic (exact) mass is 282 g/mol. The standard InChI is InChI=1S/C16H14N2O3/c1-10-6-8-11(9-7-10)17-16(20)18-14-12-4-2-3-5-13(12)15(19)21-14/h2-9,14H,1H3,(H2,17,18,20). The summed E-state index contributed by atoms with van der Waals surface area (Å²) in [7, 11) is 0. The smallest absolute Gasteiger partial charge is 0.340 e. The van der Waals surface area contributed by atoms with E-state index in [1.165, 1.54) is 0 Å². The quantitative estimate of drug-likeness (QED) is 0.832. The number of urea groups is 1. The number of rotatable bonds is 2. The van der Waals surface area contributed by atoms with E-state index < -0.39 is 18.2 Å². The number of amides is 2. The van der Waals surface area contributed by atoms with Crippen LogP contribution in [0.5, 0.6) is 0 Å². The lowest BCUT2D eigenvalue weighted by atomic mass is 10.1. The summed E-state index contributed by atoms with van der Waals surface area (Å²) < 4.78 is 5.15. The molecule has 1 heterocycles. The molecule has 0 radical (unpaired) electrons. The van der Waals surface area contributed by atoms with Crippen molar-refractivity contribution in [2.45, 2.75) is 13.2 Å². The number of nitrogens with one attached hydrogen (secondary N) is 2. The van der Waals surface area contributed by atoms with Crippen molar-refractivity contribution in [3.63, 3.8) is 0 Å². The van der Waals surface area contributed by atoms with Crippen LogP contribution in [0, 0.1) is 6.92 Å². The first-order valence-corrected chi connectivity index (χ1v) is 6.57. The molecule has 21 heavy (non-hydrogen) atoms. The van der Waals surface area contributed by atoms with Gasteiger partial charge in [0.05, 0.1) is 5.56 Å². The molecule has 5 nitrogen and oxygen atoms in total. The van der Waals surface area contributed by atoms with Crippen molar-refractivity contribution < 1.29 is 14.3 Å². The highest BCUT2D eigenvalue weighted by molar-refractivity contribution is 5.95. The van der Waals surface area contributed by atoms with Gasteiger partial charge in [-0.1, -0.05) is 35.9 Å². The van der Waals surface area contributed by atoms with Gasteiger partial charge in [-0.05, 0) is 25.1 Å². The molecule has 2 N–H and O–H groups in total. The first-order valence-electron chi connectivity index (χ1n) is 6.57. The number of hydrogen-bond acceptors (Lipinski definition) is 3. The molecule has 5 heteroatoms. The van der Waals surface area contributed by atoms with E-state index in [1.54, 1.807) is 24.3 Å². The Balaban J connectivity index is 1.69. The van der Waals surface area contributed by atoms with E-state index in [2.05, 4.69) is 10.6 Å². The number of hydrogen-bond donors (Lipinski definition) is 2. The molecule has 2 amide bonds. The summed E-state index contributed by atoms with van der Waals surface area (Å²) >= 11 is 0. The molecule has 1 unspecified atom stereocenters. The third-order valence-corrected chi connectivity index (χ3v) is 3.26. The molecule has 0 spiro atoms. The van der Waals surface area contributed by atoms with Gasteiger partial charge in [0.15, 0.2) is 0 Å². The van der Waals surface area contributed by atoms with E-state index in [1.807, 2.05) is 31.2 Å². The van der Waals surface area contributed by atoms with Crippen molar-refractivity contribution in [1.29, 1.82) is 0 Å². The number of benzene rings is 2. The molecule has 1 atom stereocenters. The Labute approximate surface area is 121 Å². The van der Waals surface area contributed by atoms with E-state index in [4.69, 9.17) is 4.74 Å². The van der Waals surface area contributed by atoms with Gasteiger partial charge in [-0.15, -0.1) is 0 Å². The fraction of sp³-hybridized carbons (Fsp3) is 0.125. The summed E-state index contributed by atoms with van der Waals surface area (Å²) in [4.78, 5) is 23.6. The lowest BCUT2D eigenvalue weighted by Gasteiger charge is -2.13. The van der Waals surface area contributed by atoms with Gasteiger partial charge in [0.2, 0.25) is 6.23 Å². The van der Waals surface area contributed by atoms with E-state index in [0.717, 1.165) is 5.56 Å². The van der Waals surface area contributed by atoms with Crippen LogP contribution < -0.4 is 10.6 Å². The van der Waals surface area contributed by atoms with E-state index in [9.17, 15) is 9.59 Å². The minimum absolute atomic E-state index is 0.423. The maximum atomic E-state index is 12.0. The van der Waals surface area contributed by atoms with E-state index >= 15 is 0 Å². The molecule has 106 valence electrons.